The Labute approximate surface area is 130 Å². The molecule has 0 atom stereocenters. The standard InChI is InChI=1S/C19H21NO2/c1-3-5-12-22-19(21)14-10-11-18-16(13-14)15-8-6-7-9-17(15)20(18)4-2/h6-11,13H,3-5,12H2,1-2H3. The summed E-state index contributed by atoms with van der Waals surface area (Å²) in [7, 11) is 0. The number of para-hydroxylation sites is 1. The summed E-state index contributed by atoms with van der Waals surface area (Å²) in [5, 5.41) is 2.30. The topological polar surface area (TPSA) is 31.2 Å². The fourth-order valence-electron chi connectivity index (χ4n) is 2.91. The van der Waals surface area contributed by atoms with Crippen LogP contribution in [0, 0.1) is 0 Å². The number of nitrogens with zero attached hydrogens (tertiary/aromatic N) is 1. The maximum atomic E-state index is 12.1. The molecule has 0 fully saturated rings. The van der Waals surface area contributed by atoms with Gasteiger partial charge in [0.15, 0.2) is 0 Å². The average molecular weight is 295 g/mol. The lowest BCUT2D eigenvalue weighted by atomic mass is 10.1. The molecule has 0 radical (unpaired) electrons. The molecule has 1 aromatic heterocycles. The number of fused-ring (bicyclic) bond motifs is 3. The van der Waals surface area contributed by atoms with Gasteiger partial charge >= 0.3 is 5.97 Å². The van der Waals surface area contributed by atoms with Crippen molar-refractivity contribution in [3.8, 4) is 0 Å². The maximum Gasteiger partial charge on any atom is 0.338 e. The summed E-state index contributed by atoms with van der Waals surface area (Å²) in [5.74, 6) is -0.233. The third kappa shape index (κ3) is 2.47. The summed E-state index contributed by atoms with van der Waals surface area (Å²) in [6.07, 6.45) is 1.93. The van der Waals surface area contributed by atoms with E-state index in [0.717, 1.165) is 30.3 Å². The zero-order chi connectivity index (χ0) is 15.5. The molecule has 0 aliphatic carbocycles. The molecule has 1 heterocycles. The van der Waals surface area contributed by atoms with Crippen molar-refractivity contribution in [2.24, 2.45) is 0 Å². The van der Waals surface area contributed by atoms with E-state index in [4.69, 9.17) is 4.74 Å². The Morgan fingerprint density at radius 1 is 1.05 bits per heavy atom. The van der Waals surface area contributed by atoms with Gasteiger partial charge in [0.25, 0.3) is 0 Å². The van der Waals surface area contributed by atoms with E-state index >= 15 is 0 Å². The minimum atomic E-state index is -0.233. The van der Waals surface area contributed by atoms with Crippen LogP contribution in [0.3, 0.4) is 0 Å². The van der Waals surface area contributed by atoms with Gasteiger partial charge in [-0.05, 0) is 37.6 Å². The van der Waals surface area contributed by atoms with Gasteiger partial charge in [0.05, 0.1) is 12.2 Å². The maximum absolute atomic E-state index is 12.1. The molecular weight excluding hydrogens is 274 g/mol. The number of rotatable bonds is 5. The van der Waals surface area contributed by atoms with E-state index in [2.05, 4.69) is 30.5 Å². The molecule has 3 aromatic rings. The van der Waals surface area contributed by atoms with Crippen molar-refractivity contribution in [1.82, 2.24) is 4.57 Å². The van der Waals surface area contributed by atoms with Crippen LogP contribution in [0.25, 0.3) is 21.8 Å². The summed E-state index contributed by atoms with van der Waals surface area (Å²) >= 11 is 0. The van der Waals surface area contributed by atoms with E-state index < -0.39 is 0 Å². The summed E-state index contributed by atoms with van der Waals surface area (Å²) in [5.41, 5.74) is 2.99. The van der Waals surface area contributed by atoms with Crippen molar-refractivity contribution in [2.75, 3.05) is 6.61 Å². The fourth-order valence-corrected chi connectivity index (χ4v) is 2.91. The van der Waals surface area contributed by atoms with Gasteiger partial charge in [-0.3, -0.25) is 0 Å². The van der Waals surface area contributed by atoms with E-state index in [1.54, 1.807) is 0 Å². The lowest BCUT2D eigenvalue weighted by molar-refractivity contribution is 0.0500. The smallest absolute Gasteiger partial charge is 0.338 e. The quantitative estimate of drug-likeness (QED) is 0.501. The number of carbonyl (C=O) groups is 1. The first-order chi connectivity index (χ1) is 10.8. The van der Waals surface area contributed by atoms with Crippen LogP contribution < -0.4 is 0 Å². The molecule has 0 unspecified atom stereocenters. The number of unbranched alkanes of at least 4 members (excludes halogenated alkanes) is 1. The van der Waals surface area contributed by atoms with Crippen molar-refractivity contribution in [3.63, 3.8) is 0 Å². The van der Waals surface area contributed by atoms with Crippen LogP contribution in [-0.4, -0.2) is 17.1 Å². The van der Waals surface area contributed by atoms with Crippen molar-refractivity contribution in [1.29, 1.82) is 0 Å². The SMILES string of the molecule is CCCCOC(=O)c1ccc2c(c1)c1ccccc1n2CC. The zero-order valence-electron chi connectivity index (χ0n) is 13.1. The van der Waals surface area contributed by atoms with Crippen LogP contribution in [0.1, 0.15) is 37.0 Å². The Bertz CT molecular complexity index is 817. The molecule has 0 aliphatic heterocycles. The Morgan fingerprint density at radius 3 is 2.59 bits per heavy atom. The minimum Gasteiger partial charge on any atom is -0.462 e. The van der Waals surface area contributed by atoms with Crippen LogP contribution in [-0.2, 0) is 11.3 Å². The molecule has 3 heteroatoms. The Balaban J connectivity index is 2.06. The van der Waals surface area contributed by atoms with Crippen LogP contribution in [0.15, 0.2) is 42.5 Å². The Kier molecular flexibility index (Phi) is 4.14. The van der Waals surface area contributed by atoms with Crippen molar-refractivity contribution < 1.29 is 9.53 Å². The van der Waals surface area contributed by atoms with Crippen LogP contribution in [0.5, 0.6) is 0 Å². The number of hydrogen-bond acceptors (Lipinski definition) is 2. The Morgan fingerprint density at radius 2 is 1.82 bits per heavy atom. The molecular formula is C19H21NO2. The first kappa shape index (κ1) is 14.6. The fraction of sp³-hybridized carbons (Fsp3) is 0.316. The molecule has 0 saturated heterocycles. The van der Waals surface area contributed by atoms with Crippen LogP contribution in [0.4, 0.5) is 0 Å². The molecule has 3 nitrogen and oxygen atoms in total. The highest BCUT2D eigenvalue weighted by atomic mass is 16.5. The van der Waals surface area contributed by atoms with Gasteiger partial charge in [0.2, 0.25) is 0 Å². The molecule has 0 bridgehead atoms. The van der Waals surface area contributed by atoms with Crippen molar-refractivity contribution in [2.45, 2.75) is 33.2 Å². The molecule has 2 aromatic carbocycles. The summed E-state index contributed by atoms with van der Waals surface area (Å²) in [4.78, 5) is 12.1. The number of aromatic nitrogens is 1. The van der Waals surface area contributed by atoms with Gasteiger partial charge in [0, 0.05) is 28.4 Å². The van der Waals surface area contributed by atoms with E-state index in [1.165, 1.54) is 10.9 Å². The predicted octanol–water partition coefficient (Wildman–Crippen LogP) is 4.77. The first-order valence-electron chi connectivity index (χ1n) is 7.94. The zero-order valence-corrected chi connectivity index (χ0v) is 13.1. The number of carbonyl (C=O) groups excluding carboxylic acids is 1. The second kappa shape index (κ2) is 6.22. The molecule has 0 amide bonds. The highest BCUT2D eigenvalue weighted by molar-refractivity contribution is 6.10. The highest BCUT2D eigenvalue weighted by Crippen LogP contribution is 2.29. The third-order valence-corrected chi connectivity index (χ3v) is 4.06. The number of esters is 1. The lowest BCUT2D eigenvalue weighted by Crippen LogP contribution is -2.06. The predicted molar refractivity (Wildman–Crippen MR) is 90.3 cm³/mol. The molecule has 3 rings (SSSR count). The van der Waals surface area contributed by atoms with Gasteiger partial charge in [-0.1, -0.05) is 31.5 Å². The van der Waals surface area contributed by atoms with E-state index in [-0.39, 0.29) is 5.97 Å². The number of benzene rings is 2. The second-order valence-corrected chi connectivity index (χ2v) is 5.48. The van der Waals surface area contributed by atoms with Crippen LogP contribution >= 0.6 is 0 Å². The normalized spacial score (nSPS) is 11.2. The van der Waals surface area contributed by atoms with E-state index in [1.807, 2.05) is 30.3 Å². The molecule has 0 spiro atoms. The monoisotopic (exact) mass is 295 g/mol. The molecule has 114 valence electrons. The number of ether oxygens (including phenoxy) is 1. The largest absolute Gasteiger partial charge is 0.462 e. The number of hydrogen-bond donors (Lipinski definition) is 0. The van der Waals surface area contributed by atoms with Gasteiger partial charge in [0.1, 0.15) is 0 Å². The highest BCUT2D eigenvalue weighted by Gasteiger charge is 2.13. The van der Waals surface area contributed by atoms with E-state index in [9.17, 15) is 4.79 Å². The molecule has 22 heavy (non-hydrogen) atoms. The van der Waals surface area contributed by atoms with E-state index in [0.29, 0.717) is 12.2 Å². The van der Waals surface area contributed by atoms with Gasteiger partial charge in [-0.2, -0.15) is 0 Å². The minimum absolute atomic E-state index is 0.233. The first-order valence-corrected chi connectivity index (χ1v) is 7.94. The average Bonchev–Trinajstić information content (AvgIpc) is 2.88. The second-order valence-electron chi connectivity index (χ2n) is 5.48. The van der Waals surface area contributed by atoms with Gasteiger partial charge in [-0.15, -0.1) is 0 Å². The summed E-state index contributed by atoms with van der Waals surface area (Å²) in [6, 6.07) is 14.2. The summed E-state index contributed by atoms with van der Waals surface area (Å²) < 4.78 is 7.59. The van der Waals surface area contributed by atoms with Crippen molar-refractivity contribution >= 4 is 27.8 Å². The lowest BCUT2D eigenvalue weighted by Gasteiger charge is -2.05. The van der Waals surface area contributed by atoms with Gasteiger partial charge in [-0.25, -0.2) is 4.79 Å². The molecule has 0 saturated carbocycles. The molecule has 0 aliphatic rings. The Hall–Kier alpha value is -2.29. The van der Waals surface area contributed by atoms with Gasteiger partial charge < -0.3 is 9.30 Å². The molecule has 0 N–H and O–H groups in total. The number of aryl methyl sites for hydroxylation is 1. The third-order valence-electron chi connectivity index (χ3n) is 4.06. The summed E-state index contributed by atoms with van der Waals surface area (Å²) in [6.45, 7) is 5.62. The van der Waals surface area contributed by atoms with Crippen molar-refractivity contribution in [3.05, 3.63) is 48.0 Å². The van der Waals surface area contributed by atoms with Crippen LogP contribution in [0.2, 0.25) is 0 Å².